The summed E-state index contributed by atoms with van der Waals surface area (Å²) in [6.07, 6.45) is -0.242. The summed E-state index contributed by atoms with van der Waals surface area (Å²) < 4.78 is 36.4. The molecule has 3 rings (SSSR count). The Morgan fingerprint density at radius 2 is 1.64 bits per heavy atom. The van der Waals surface area contributed by atoms with Gasteiger partial charge in [0, 0.05) is 11.3 Å². The predicted molar refractivity (Wildman–Crippen MR) is 126 cm³/mol. The number of amides is 1. The molecule has 0 spiro atoms. The molecule has 0 aromatic heterocycles. The zero-order valence-electron chi connectivity index (χ0n) is 18.1. The maximum atomic E-state index is 13.2. The minimum absolute atomic E-state index is 0.0899. The number of anilines is 2. The molecule has 1 unspecified atom stereocenters. The number of esters is 1. The van der Waals surface area contributed by atoms with Gasteiger partial charge in [0.2, 0.25) is 16.1 Å². The minimum atomic E-state index is -3.52. The molecule has 3 aromatic rings. The number of sulfonamides is 1. The van der Waals surface area contributed by atoms with Crippen LogP contribution in [0.25, 0.3) is 0 Å². The van der Waals surface area contributed by atoms with Gasteiger partial charge in [-0.25, -0.2) is 13.2 Å². The topological polar surface area (TPSA) is 111 Å². The monoisotopic (exact) mass is 468 g/mol. The van der Waals surface area contributed by atoms with E-state index in [1.165, 1.54) is 24.3 Å². The summed E-state index contributed by atoms with van der Waals surface area (Å²) in [5, 5.41) is 2.76. The Labute approximate surface area is 192 Å². The van der Waals surface area contributed by atoms with Gasteiger partial charge in [-0.05, 0) is 37.3 Å². The second kappa shape index (κ2) is 10.6. The standard InChI is InChI=1S/C24H24N2O6S/c1-3-31-21-15-8-7-14-20(21)25-23(27)22(17-10-5-4-6-11-17)32-24(28)18-12-9-13-19(16-18)26-33(2,29)30/h4-16,22,26H,3H2,1-2H3,(H,25,27). The van der Waals surface area contributed by atoms with Crippen molar-refractivity contribution in [3.8, 4) is 5.75 Å². The van der Waals surface area contributed by atoms with Crippen LogP contribution in [0.4, 0.5) is 11.4 Å². The number of carbonyl (C=O) groups is 2. The number of nitrogens with one attached hydrogen (secondary N) is 2. The first-order valence-electron chi connectivity index (χ1n) is 10.1. The van der Waals surface area contributed by atoms with E-state index >= 15 is 0 Å². The Hall–Kier alpha value is -3.85. The molecule has 0 bridgehead atoms. The van der Waals surface area contributed by atoms with Crippen molar-refractivity contribution in [3.05, 3.63) is 90.0 Å². The van der Waals surface area contributed by atoms with E-state index in [2.05, 4.69) is 10.0 Å². The smallest absolute Gasteiger partial charge is 0.339 e. The van der Waals surface area contributed by atoms with Gasteiger partial charge in [0.25, 0.3) is 5.91 Å². The van der Waals surface area contributed by atoms with Crippen molar-refractivity contribution in [2.75, 3.05) is 22.9 Å². The molecule has 1 amide bonds. The fraction of sp³-hybridized carbons (Fsp3) is 0.167. The van der Waals surface area contributed by atoms with E-state index in [4.69, 9.17) is 9.47 Å². The Bertz CT molecular complexity index is 1230. The molecular formula is C24H24N2O6S. The second-order valence-electron chi connectivity index (χ2n) is 7.07. The van der Waals surface area contributed by atoms with Crippen LogP contribution in [-0.2, 0) is 19.6 Å². The van der Waals surface area contributed by atoms with E-state index in [1.807, 2.05) is 6.92 Å². The summed E-state index contributed by atoms with van der Waals surface area (Å²) in [5.74, 6) is -0.854. The summed E-state index contributed by atoms with van der Waals surface area (Å²) in [6, 6.07) is 21.4. The van der Waals surface area contributed by atoms with Gasteiger partial charge in [-0.15, -0.1) is 0 Å². The molecule has 172 valence electrons. The van der Waals surface area contributed by atoms with Gasteiger partial charge in [-0.2, -0.15) is 0 Å². The molecule has 1 atom stereocenters. The molecule has 0 saturated heterocycles. The summed E-state index contributed by atoms with van der Waals surface area (Å²) in [6.45, 7) is 2.25. The van der Waals surface area contributed by atoms with Crippen LogP contribution in [-0.4, -0.2) is 33.2 Å². The Morgan fingerprint density at radius 3 is 2.33 bits per heavy atom. The van der Waals surface area contributed by atoms with Crippen molar-refractivity contribution in [2.24, 2.45) is 0 Å². The first kappa shape index (κ1) is 23.8. The minimum Gasteiger partial charge on any atom is -0.492 e. The number of carbonyl (C=O) groups excluding carboxylic acids is 2. The van der Waals surface area contributed by atoms with Gasteiger partial charge < -0.3 is 14.8 Å². The highest BCUT2D eigenvalue weighted by Crippen LogP contribution is 2.27. The maximum absolute atomic E-state index is 13.2. The van der Waals surface area contributed by atoms with Gasteiger partial charge in [-0.1, -0.05) is 48.5 Å². The highest BCUT2D eigenvalue weighted by molar-refractivity contribution is 7.92. The molecule has 0 aliphatic rings. The Balaban J connectivity index is 1.86. The van der Waals surface area contributed by atoms with E-state index in [0.717, 1.165) is 6.26 Å². The van der Waals surface area contributed by atoms with Crippen LogP contribution in [0, 0.1) is 0 Å². The lowest BCUT2D eigenvalue weighted by Gasteiger charge is -2.19. The van der Waals surface area contributed by atoms with Crippen LogP contribution < -0.4 is 14.8 Å². The molecule has 3 aromatic carbocycles. The first-order chi connectivity index (χ1) is 15.8. The fourth-order valence-electron chi connectivity index (χ4n) is 3.05. The van der Waals surface area contributed by atoms with Crippen LogP contribution in [0.3, 0.4) is 0 Å². The third-order valence-electron chi connectivity index (χ3n) is 4.41. The molecule has 0 heterocycles. The van der Waals surface area contributed by atoms with Gasteiger partial charge in [0.15, 0.2) is 0 Å². The fourth-order valence-corrected chi connectivity index (χ4v) is 3.60. The van der Waals surface area contributed by atoms with Crippen molar-refractivity contribution < 1.29 is 27.5 Å². The molecule has 0 aliphatic carbocycles. The SMILES string of the molecule is CCOc1ccccc1NC(=O)C(OC(=O)c1cccc(NS(C)(=O)=O)c1)c1ccccc1. The number of benzene rings is 3. The largest absolute Gasteiger partial charge is 0.492 e. The summed E-state index contributed by atoms with van der Waals surface area (Å²) >= 11 is 0. The van der Waals surface area contributed by atoms with Crippen molar-refractivity contribution in [1.29, 1.82) is 0 Å². The lowest BCUT2D eigenvalue weighted by molar-refractivity contribution is -0.125. The Kier molecular flexibility index (Phi) is 7.68. The van der Waals surface area contributed by atoms with Crippen molar-refractivity contribution >= 4 is 33.3 Å². The van der Waals surface area contributed by atoms with E-state index in [1.54, 1.807) is 54.6 Å². The highest BCUT2D eigenvalue weighted by atomic mass is 32.2. The predicted octanol–water partition coefficient (Wildman–Crippen LogP) is 3.99. The summed E-state index contributed by atoms with van der Waals surface area (Å²) in [4.78, 5) is 26.0. The second-order valence-corrected chi connectivity index (χ2v) is 8.82. The molecular weight excluding hydrogens is 444 g/mol. The molecule has 0 fully saturated rings. The van der Waals surface area contributed by atoms with Gasteiger partial charge in [0.1, 0.15) is 5.75 Å². The molecule has 2 N–H and O–H groups in total. The number of hydrogen-bond donors (Lipinski definition) is 2. The molecule has 0 saturated carbocycles. The first-order valence-corrected chi connectivity index (χ1v) is 12.0. The lowest BCUT2D eigenvalue weighted by atomic mass is 10.1. The number of para-hydroxylation sites is 2. The van der Waals surface area contributed by atoms with Gasteiger partial charge in [-0.3, -0.25) is 9.52 Å². The van der Waals surface area contributed by atoms with E-state index in [9.17, 15) is 18.0 Å². The van der Waals surface area contributed by atoms with Crippen molar-refractivity contribution in [1.82, 2.24) is 0 Å². The highest BCUT2D eigenvalue weighted by Gasteiger charge is 2.26. The normalized spacial score (nSPS) is 11.8. The summed E-state index contributed by atoms with van der Waals surface area (Å²) in [7, 11) is -3.52. The zero-order chi connectivity index (χ0) is 23.8. The molecule has 9 heteroatoms. The maximum Gasteiger partial charge on any atom is 0.339 e. The van der Waals surface area contributed by atoms with Crippen LogP contribution in [0.1, 0.15) is 28.9 Å². The van der Waals surface area contributed by atoms with Crippen LogP contribution in [0.15, 0.2) is 78.9 Å². The van der Waals surface area contributed by atoms with Crippen molar-refractivity contribution in [2.45, 2.75) is 13.0 Å². The lowest BCUT2D eigenvalue weighted by Crippen LogP contribution is -2.26. The van der Waals surface area contributed by atoms with Crippen molar-refractivity contribution in [3.63, 3.8) is 0 Å². The molecule has 0 aliphatic heterocycles. The average Bonchev–Trinajstić information content (AvgIpc) is 2.78. The van der Waals surface area contributed by atoms with E-state index in [0.29, 0.717) is 23.6 Å². The quantitative estimate of drug-likeness (QED) is 0.460. The molecule has 0 radical (unpaired) electrons. The number of rotatable bonds is 9. The van der Waals surface area contributed by atoms with Crippen LogP contribution in [0.5, 0.6) is 5.75 Å². The third-order valence-corrected chi connectivity index (χ3v) is 5.02. The van der Waals surface area contributed by atoms with Crippen LogP contribution >= 0.6 is 0 Å². The molecule has 33 heavy (non-hydrogen) atoms. The van der Waals surface area contributed by atoms with Crippen LogP contribution in [0.2, 0.25) is 0 Å². The third kappa shape index (κ3) is 6.81. The summed E-state index contributed by atoms with van der Waals surface area (Å²) in [5.41, 5.74) is 1.22. The Morgan fingerprint density at radius 1 is 0.939 bits per heavy atom. The molecule has 8 nitrogen and oxygen atoms in total. The zero-order valence-corrected chi connectivity index (χ0v) is 19.0. The van der Waals surface area contributed by atoms with E-state index < -0.39 is 28.0 Å². The van der Waals surface area contributed by atoms with Gasteiger partial charge >= 0.3 is 5.97 Å². The number of hydrogen-bond acceptors (Lipinski definition) is 6. The van der Waals surface area contributed by atoms with E-state index in [-0.39, 0.29) is 11.3 Å². The average molecular weight is 469 g/mol. The van der Waals surface area contributed by atoms with Gasteiger partial charge in [0.05, 0.1) is 24.1 Å². The number of ether oxygens (including phenoxy) is 2.